The fourth-order valence-electron chi connectivity index (χ4n) is 3.43. The van der Waals surface area contributed by atoms with Gasteiger partial charge < -0.3 is 9.88 Å². The van der Waals surface area contributed by atoms with Gasteiger partial charge in [0.15, 0.2) is 10.1 Å². The Hall–Kier alpha value is -3.11. The van der Waals surface area contributed by atoms with Crippen LogP contribution >= 0.6 is 23.1 Å². The van der Waals surface area contributed by atoms with Crippen molar-refractivity contribution in [2.24, 2.45) is 0 Å². The molecule has 2 heterocycles. The Morgan fingerprint density at radius 2 is 1.82 bits per heavy atom. The summed E-state index contributed by atoms with van der Waals surface area (Å²) in [5, 5.41) is 12.0. The number of rotatable bonds is 7. The zero-order valence-corrected chi connectivity index (χ0v) is 19.3. The van der Waals surface area contributed by atoms with Crippen LogP contribution in [0.25, 0.3) is 5.69 Å². The molecule has 10 heteroatoms. The van der Waals surface area contributed by atoms with Crippen molar-refractivity contribution in [2.45, 2.75) is 24.4 Å². The minimum atomic E-state index is -4.43. The lowest BCUT2D eigenvalue weighted by atomic mass is 10.1. The summed E-state index contributed by atoms with van der Waals surface area (Å²) < 4.78 is 41.7. The molecule has 4 rings (SSSR count). The molecule has 0 amide bonds. The van der Waals surface area contributed by atoms with Crippen molar-refractivity contribution in [3.63, 3.8) is 0 Å². The molecule has 170 valence electrons. The maximum atomic E-state index is 13.1. The van der Waals surface area contributed by atoms with Gasteiger partial charge in [-0.2, -0.15) is 13.2 Å². The molecular formula is C23H19F3N4OS2. The molecule has 5 nitrogen and oxygen atoms in total. The average Bonchev–Trinajstić information content (AvgIpc) is 3.35. The number of carbonyl (C=O) groups is 1. The molecule has 2 aromatic heterocycles. The van der Waals surface area contributed by atoms with E-state index in [2.05, 4.69) is 15.5 Å². The number of aromatic nitrogens is 3. The van der Waals surface area contributed by atoms with Crippen LogP contribution in [0.1, 0.15) is 27.3 Å². The van der Waals surface area contributed by atoms with E-state index < -0.39 is 11.7 Å². The van der Waals surface area contributed by atoms with E-state index in [0.29, 0.717) is 32.1 Å². The molecule has 0 spiro atoms. The Balaban J connectivity index is 1.47. The van der Waals surface area contributed by atoms with E-state index >= 15 is 0 Å². The van der Waals surface area contributed by atoms with Crippen molar-refractivity contribution in [1.29, 1.82) is 0 Å². The number of para-hydroxylation sites is 1. The molecule has 0 bridgehead atoms. The molecule has 33 heavy (non-hydrogen) atoms. The minimum Gasteiger partial charge on any atom is -0.330 e. The number of nitrogens with zero attached hydrogens (tertiary/aromatic N) is 3. The Labute approximate surface area is 196 Å². The van der Waals surface area contributed by atoms with Gasteiger partial charge in [-0.15, -0.1) is 10.2 Å². The summed E-state index contributed by atoms with van der Waals surface area (Å²) in [6.07, 6.45) is -4.43. The summed E-state index contributed by atoms with van der Waals surface area (Å²) in [4.78, 5) is 12.9. The van der Waals surface area contributed by atoms with Gasteiger partial charge in [-0.25, -0.2) is 0 Å². The number of alkyl halides is 3. The van der Waals surface area contributed by atoms with E-state index in [4.69, 9.17) is 0 Å². The average molecular weight is 489 g/mol. The van der Waals surface area contributed by atoms with Gasteiger partial charge in [0.05, 0.1) is 11.3 Å². The quantitative estimate of drug-likeness (QED) is 0.232. The molecule has 0 saturated heterocycles. The second kappa shape index (κ2) is 9.40. The molecule has 0 atom stereocenters. The molecule has 0 unspecified atom stereocenters. The third-order valence-corrected chi connectivity index (χ3v) is 6.89. The fraction of sp³-hybridized carbons (Fsp3) is 0.174. The lowest BCUT2D eigenvalue weighted by molar-refractivity contribution is -0.137. The summed E-state index contributed by atoms with van der Waals surface area (Å²) in [7, 11) is 0. The Morgan fingerprint density at radius 1 is 1.06 bits per heavy atom. The van der Waals surface area contributed by atoms with Crippen LogP contribution in [-0.4, -0.2) is 26.3 Å². The van der Waals surface area contributed by atoms with Gasteiger partial charge in [0, 0.05) is 28.3 Å². The molecule has 2 aromatic carbocycles. The SMILES string of the molecule is Cc1cc(C(=O)CSc2nnc(Nc3ccccc3)s2)c(C)n1-c1cccc(C(F)(F)F)c1. The number of nitrogens with one attached hydrogen (secondary N) is 1. The van der Waals surface area contributed by atoms with Crippen LogP contribution in [0.5, 0.6) is 0 Å². The van der Waals surface area contributed by atoms with E-state index in [1.165, 1.54) is 29.2 Å². The van der Waals surface area contributed by atoms with Gasteiger partial charge in [-0.05, 0) is 50.2 Å². The van der Waals surface area contributed by atoms with Crippen molar-refractivity contribution in [3.05, 3.63) is 83.2 Å². The van der Waals surface area contributed by atoms with Crippen molar-refractivity contribution in [1.82, 2.24) is 14.8 Å². The van der Waals surface area contributed by atoms with Crippen LogP contribution in [0, 0.1) is 13.8 Å². The van der Waals surface area contributed by atoms with Crippen LogP contribution in [-0.2, 0) is 6.18 Å². The first-order chi connectivity index (χ1) is 15.7. The topological polar surface area (TPSA) is 59.8 Å². The number of halogens is 3. The zero-order valence-electron chi connectivity index (χ0n) is 17.7. The van der Waals surface area contributed by atoms with Crippen LogP contribution in [0.3, 0.4) is 0 Å². The van der Waals surface area contributed by atoms with Crippen LogP contribution in [0.4, 0.5) is 24.0 Å². The number of benzene rings is 2. The highest BCUT2D eigenvalue weighted by Crippen LogP contribution is 2.32. The molecule has 0 radical (unpaired) electrons. The summed E-state index contributed by atoms with van der Waals surface area (Å²) in [6, 6.07) is 16.4. The molecule has 0 fully saturated rings. The number of anilines is 2. The van der Waals surface area contributed by atoms with Crippen molar-refractivity contribution in [2.75, 3.05) is 11.1 Å². The third kappa shape index (κ3) is 5.28. The number of Topliss-reactive ketones (excluding diaryl/α,β-unsaturated/α-hetero) is 1. The summed E-state index contributed by atoms with van der Waals surface area (Å²) in [5.41, 5.74) is 2.29. The van der Waals surface area contributed by atoms with E-state index in [9.17, 15) is 18.0 Å². The minimum absolute atomic E-state index is 0.126. The number of hydrogen-bond donors (Lipinski definition) is 1. The number of ketones is 1. The van der Waals surface area contributed by atoms with Crippen LogP contribution in [0.15, 0.2) is 65.0 Å². The first-order valence-corrected chi connectivity index (χ1v) is 11.7. The highest BCUT2D eigenvalue weighted by atomic mass is 32.2. The summed E-state index contributed by atoms with van der Waals surface area (Å²) in [6.45, 7) is 3.50. The second-order valence-corrected chi connectivity index (χ2v) is 9.44. The highest BCUT2D eigenvalue weighted by molar-refractivity contribution is 8.01. The summed E-state index contributed by atoms with van der Waals surface area (Å²) in [5.74, 6) is 0.0199. The largest absolute Gasteiger partial charge is 0.416 e. The van der Waals surface area contributed by atoms with Gasteiger partial charge in [0.1, 0.15) is 0 Å². The lowest BCUT2D eigenvalue weighted by Gasteiger charge is -2.13. The Morgan fingerprint density at radius 3 is 2.55 bits per heavy atom. The lowest BCUT2D eigenvalue weighted by Crippen LogP contribution is -2.08. The Kier molecular flexibility index (Phi) is 6.57. The second-order valence-electron chi connectivity index (χ2n) is 7.24. The molecule has 4 aromatic rings. The van der Waals surface area contributed by atoms with Crippen LogP contribution in [0.2, 0.25) is 0 Å². The number of aryl methyl sites for hydroxylation is 1. The molecule has 1 N–H and O–H groups in total. The van der Waals surface area contributed by atoms with E-state index in [-0.39, 0.29) is 11.5 Å². The third-order valence-electron chi connectivity index (χ3n) is 4.92. The number of hydrogen-bond acceptors (Lipinski definition) is 6. The van der Waals surface area contributed by atoms with Gasteiger partial charge in [0.2, 0.25) is 5.13 Å². The first kappa shape index (κ1) is 23.1. The van der Waals surface area contributed by atoms with Gasteiger partial charge in [-0.3, -0.25) is 4.79 Å². The van der Waals surface area contributed by atoms with Crippen LogP contribution < -0.4 is 5.32 Å². The molecule has 0 aliphatic rings. The maximum Gasteiger partial charge on any atom is 0.416 e. The summed E-state index contributed by atoms with van der Waals surface area (Å²) >= 11 is 2.62. The fourth-order valence-corrected chi connectivity index (χ4v) is 5.09. The molecular weight excluding hydrogens is 469 g/mol. The van der Waals surface area contributed by atoms with Gasteiger partial charge >= 0.3 is 6.18 Å². The predicted octanol–water partition coefficient (Wildman–Crippen LogP) is 6.68. The van der Waals surface area contributed by atoms with Crippen molar-refractivity contribution >= 4 is 39.7 Å². The standard InChI is InChI=1S/C23H19F3N4OS2/c1-14-11-19(15(2)30(14)18-10-6-7-16(12-18)23(24,25)26)20(31)13-32-22-29-28-21(33-22)27-17-8-4-3-5-9-17/h3-12H,13H2,1-2H3,(H,27,28). The first-order valence-electron chi connectivity index (χ1n) is 9.90. The monoisotopic (exact) mass is 488 g/mol. The number of thioether (sulfide) groups is 1. The highest BCUT2D eigenvalue weighted by Gasteiger charge is 2.31. The molecule has 0 aliphatic heterocycles. The van der Waals surface area contributed by atoms with E-state index in [0.717, 1.165) is 17.8 Å². The maximum absolute atomic E-state index is 13.1. The molecule has 0 saturated carbocycles. The van der Waals surface area contributed by atoms with E-state index in [1.54, 1.807) is 30.5 Å². The number of carbonyl (C=O) groups excluding carboxylic acids is 1. The smallest absolute Gasteiger partial charge is 0.330 e. The molecule has 0 aliphatic carbocycles. The zero-order chi connectivity index (χ0) is 23.6. The van der Waals surface area contributed by atoms with Crippen molar-refractivity contribution in [3.8, 4) is 5.69 Å². The van der Waals surface area contributed by atoms with Gasteiger partial charge in [0.25, 0.3) is 0 Å². The van der Waals surface area contributed by atoms with Crippen molar-refractivity contribution < 1.29 is 18.0 Å². The predicted molar refractivity (Wildman–Crippen MR) is 125 cm³/mol. The normalized spacial score (nSPS) is 11.5. The van der Waals surface area contributed by atoms with E-state index in [1.807, 2.05) is 30.3 Å². The van der Waals surface area contributed by atoms with Gasteiger partial charge in [-0.1, -0.05) is 47.4 Å². The Bertz CT molecular complexity index is 1280.